The Hall–Kier alpha value is -1.26. The number of ketones is 1. The molecule has 0 bridgehead atoms. The van der Waals surface area contributed by atoms with E-state index < -0.39 is 0 Å². The SMILES string of the molecule is CCCCOCCOCCCC(=O)c1ccc(F)cc1. The minimum atomic E-state index is -0.326. The smallest absolute Gasteiger partial charge is 0.162 e. The lowest BCUT2D eigenvalue weighted by Crippen LogP contribution is -2.07. The number of unbranched alkanes of at least 4 members (excludes halogenated alkanes) is 1. The average Bonchev–Trinajstić information content (AvgIpc) is 2.46. The van der Waals surface area contributed by atoms with Gasteiger partial charge in [0.05, 0.1) is 13.2 Å². The van der Waals surface area contributed by atoms with E-state index in [4.69, 9.17) is 9.47 Å². The summed E-state index contributed by atoms with van der Waals surface area (Å²) in [6.45, 7) is 4.62. The van der Waals surface area contributed by atoms with E-state index in [2.05, 4.69) is 6.92 Å². The van der Waals surface area contributed by atoms with Crippen LogP contribution in [0.4, 0.5) is 4.39 Å². The molecule has 1 rings (SSSR count). The van der Waals surface area contributed by atoms with Crippen molar-refractivity contribution in [3.8, 4) is 0 Å². The van der Waals surface area contributed by atoms with Crippen LogP contribution in [0.2, 0.25) is 0 Å². The lowest BCUT2D eigenvalue weighted by molar-refractivity contribution is 0.0451. The maximum atomic E-state index is 12.7. The number of benzene rings is 1. The highest BCUT2D eigenvalue weighted by Crippen LogP contribution is 2.07. The van der Waals surface area contributed by atoms with Crippen molar-refractivity contribution in [2.45, 2.75) is 32.6 Å². The van der Waals surface area contributed by atoms with Gasteiger partial charge in [0, 0.05) is 25.2 Å². The molecule has 0 aromatic heterocycles. The molecule has 0 aliphatic rings. The van der Waals surface area contributed by atoms with Crippen LogP contribution in [0, 0.1) is 5.82 Å². The summed E-state index contributed by atoms with van der Waals surface area (Å²) in [6.07, 6.45) is 3.30. The molecule has 0 saturated heterocycles. The Morgan fingerprint density at radius 3 is 2.20 bits per heavy atom. The van der Waals surface area contributed by atoms with Gasteiger partial charge < -0.3 is 9.47 Å². The summed E-state index contributed by atoms with van der Waals surface area (Å²) < 4.78 is 23.4. The van der Waals surface area contributed by atoms with Crippen molar-refractivity contribution in [1.29, 1.82) is 0 Å². The number of carbonyl (C=O) groups is 1. The number of rotatable bonds is 11. The number of ether oxygens (including phenoxy) is 2. The Balaban J connectivity index is 2.01. The number of hydrogen-bond donors (Lipinski definition) is 0. The number of carbonyl (C=O) groups excluding carboxylic acids is 1. The Morgan fingerprint density at radius 2 is 1.60 bits per heavy atom. The van der Waals surface area contributed by atoms with E-state index >= 15 is 0 Å². The molecule has 0 heterocycles. The highest BCUT2D eigenvalue weighted by molar-refractivity contribution is 5.95. The second kappa shape index (κ2) is 10.5. The lowest BCUT2D eigenvalue weighted by Gasteiger charge is -2.05. The summed E-state index contributed by atoms with van der Waals surface area (Å²) in [4.78, 5) is 11.8. The van der Waals surface area contributed by atoms with Crippen molar-refractivity contribution in [2.24, 2.45) is 0 Å². The number of halogens is 1. The van der Waals surface area contributed by atoms with E-state index in [1.54, 1.807) is 0 Å². The van der Waals surface area contributed by atoms with Crippen LogP contribution in [-0.4, -0.2) is 32.2 Å². The molecule has 0 saturated carbocycles. The first-order valence-corrected chi connectivity index (χ1v) is 7.18. The van der Waals surface area contributed by atoms with Crippen molar-refractivity contribution in [2.75, 3.05) is 26.4 Å². The zero-order chi connectivity index (χ0) is 14.6. The minimum Gasteiger partial charge on any atom is -0.379 e. The van der Waals surface area contributed by atoms with Gasteiger partial charge in [-0.05, 0) is 37.1 Å². The third-order valence-corrected chi connectivity index (χ3v) is 2.87. The van der Waals surface area contributed by atoms with Gasteiger partial charge in [0.1, 0.15) is 5.82 Å². The fourth-order valence-electron chi connectivity index (χ4n) is 1.68. The molecule has 0 radical (unpaired) electrons. The van der Waals surface area contributed by atoms with Gasteiger partial charge in [-0.1, -0.05) is 13.3 Å². The molecule has 0 aliphatic heterocycles. The van der Waals surface area contributed by atoms with E-state index in [0.29, 0.717) is 38.2 Å². The molecule has 20 heavy (non-hydrogen) atoms. The molecule has 1 aromatic rings. The van der Waals surface area contributed by atoms with Crippen LogP contribution in [0.25, 0.3) is 0 Å². The molecule has 3 nitrogen and oxygen atoms in total. The van der Waals surface area contributed by atoms with Crippen LogP contribution >= 0.6 is 0 Å². The quantitative estimate of drug-likeness (QED) is 0.459. The fraction of sp³-hybridized carbons (Fsp3) is 0.562. The predicted octanol–water partition coefficient (Wildman–Crippen LogP) is 3.62. The largest absolute Gasteiger partial charge is 0.379 e. The van der Waals surface area contributed by atoms with E-state index in [-0.39, 0.29) is 11.6 Å². The summed E-state index contributed by atoms with van der Waals surface area (Å²) in [5, 5.41) is 0. The molecule has 0 atom stereocenters. The summed E-state index contributed by atoms with van der Waals surface area (Å²) in [6, 6.07) is 5.63. The van der Waals surface area contributed by atoms with Gasteiger partial charge in [0.15, 0.2) is 5.78 Å². The molecular formula is C16H23FO3. The van der Waals surface area contributed by atoms with Crippen molar-refractivity contribution >= 4 is 5.78 Å². The second-order valence-corrected chi connectivity index (χ2v) is 4.61. The van der Waals surface area contributed by atoms with Gasteiger partial charge in [-0.25, -0.2) is 4.39 Å². The van der Waals surface area contributed by atoms with Gasteiger partial charge in [0.25, 0.3) is 0 Å². The molecule has 1 aromatic carbocycles. The van der Waals surface area contributed by atoms with Crippen LogP contribution in [0.1, 0.15) is 43.0 Å². The Kier molecular flexibility index (Phi) is 8.83. The molecule has 0 fully saturated rings. The Morgan fingerprint density at radius 1 is 1.00 bits per heavy atom. The predicted molar refractivity (Wildman–Crippen MR) is 76.5 cm³/mol. The maximum Gasteiger partial charge on any atom is 0.162 e. The summed E-state index contributed by atoms with van der Waals surface area (Å²) >= 11 is 0. The zero-order valence-corrected chi connectivity index (χ0v) is 12.1. The van der Waals surface area contributed by atoms with Crippen molar-refractivity contribution in [1.82, 2.24) is 0 Å². The minimum absolute atomic E-state index is 0.0211. The van der Waals surface area contributed by atoms with Gasteiger partial charge >= 0.3 is 0 Å². The highest BCUT2D eigenvalue weighted by atomic mass is 19.1. The van der Waals surface area contributed by atoms with Crippen molar-refractivity contribution in [3.63, 3.8) is 0 Å². The normalized spacial score (nSPS) is 10.7. The molecule has 0 aliphatic carbocycles. The molecule has 0 amide bonds. The van der Waals surface area contributed by atoms with Gasteiger partial charge in [0.2, 0.25) is 0 Å². The third-order valence-electron chi connectivity index (χ3n) is 2.87. The first-order valence-electron chi connectivity index (χ1n) is 7.18. The van der Waals surface area contributed by atoms with Crippen LogP contribution in [0.3, 0.4) is 0 Å². The van der Waals surface area contributed by atoms with Crippen LogP contribution < -0.4 is 0 Å². The topological polar surface area (TPSA) is 35.5 Å². The molecular weight excluding hydrogens is 259 g/mol. The molecule has 0 spiro atoms. The average molecular weight is 282 g/mol. The van der Waals surface area contributed by atoms with Crippen molar-refractivity contribution < 1.29 is 18.7 Å². The number of Topliss-reactive ketones (excluding diaryl/α,β-unsaturated/α-hetero) is 1. The third kappa shape index (κ3) is 7.36. The maximum absolute atomic E-state index is 12.7. The summed E-state index contributed by atoms with van der Waals surface area (Å²) in [5.41, 5.74) is 0.550. The fourth-order valence-corrected chi connectivity index (χ4v) is 1.68. The van der Waals surface area contributed by atoms with Crippen LogP contribution in [0.5, 0.6) is 0 Å². The van der Waals surface area contributed by atoms with E-state index in [9.17, 15) is 9.18 Å². The first kappa shape index (κ1) is 16.8. The Bertz CT molecular complexity index is 376. The monoisotopic (exact) mass is 282 g/mol. The van der Waals surface area contributed by atoms with Gasteiger partial charge in [-0.15, -0.1) is 0 Å². The molecule has 4 heteroatoms. The lowest BCUT2D eigenvalue weighted by atomic mass is 10.1. The molecule has 112 valence electrons. The number of hydrogen-bond acceptors (Lipinski definition) is 3. The zero-order valence-electron chi connectivity index (χ0n) is 12.1. The summed E-state index contributed by atoms with van der Waals surface area (Å²) in [7, 11) is 0. The molecule has 0 unspecified atom stereocenters. The highest BCUT2D eigenvalue weighted by Gasteiger charge is 2.05. The van der Waals surface area contributed by atoms with E-state index in [1.165, 1.54) is 24.3 Å². The summed E-state index contributed by atoms with van der Waals surface area (Å²) in [5.74, 6) is -0.305. The van der Waals surface area contributed by atoms with Gasteiger partial charge in [-0.2, -0.15) is 0 Å². The van der Waals surface area contributed by atoms with Gasteiger partial charge in [-0.3, -0.25) is 4.79 Å². The molecule has 0 N–H and O–H groups in total. The van der Waals surface area contributed by atoms with Crippen LogP contribution in [-0.2, 0) is 9.47 Å². The van der Waals surface area contributed by atoms with E-state index in [0.717, 1.165) is 19.4 Å². The van der Waals surface area contributed by atoms with Crippen LogP contribution in [0.15, 0.2) is 24.3 Å². The standard InChI is InChI=1S/C16H23FO3/c1-2-3-10-19-12-13-20-11-4-5-16(18)14-6-8-15(17)9-7-14/h6-9H,2-5,10-13H2,1H3. The van der Waals surface area contributed by atoms with E-state index in [1.807, 2.05) is 0 Å². The Labute approximate surface area is 120 Å². The van der Waals surface area contributed by atoms with Crippen molar-refractivity contribution in [3.05, 3.63) is 35.6 Å². The second-order valence-electron chi connectivity index (χ2n) is 4.61. The first-order chi connectivity index (χ1) is 9.74.